The molecule has 61 heavy (non-hydrogen) atoms. The Kier molecular flexibility index (Phi) is 3.21. The van der Waals surface area contributed by atoms with Gasteiger partial charge in [0, 0.05) is 49.9 Å². The minimum Gasteiger partial charge on any atom is -0.455 e. The van der Waals surface area contributed by atoms with Gasteiger partial charge in [-0.25, -0.2) is 0 Å². The fraction of sp³-hybridized carbons (Fsp3) is 0. The molecule has 0 aliphatic heterocycles. The van der Waals surface area contributed by atoms with E-state index in [9.17, 15) is 24.7 Å². The monoisotopic (exact) mass is 817 g/mol. The zero-order chi connectivity index (χ0) is 73.3. The Balaban J connectivity index is 1.33. The molecule has 2 aromatic heterocycles. The first-order chi connectivity index (χ1) is 46.1. The van der Waals surface area contributed by atoms with Crippen LogP contribution in [0.2, 0.25) is 0 Å². The Labute approximate surface area is 407 Å². The van der Waals surface area contributed by atoms with Crippen molar-refractivity contribution < 1.29 is 56.5 Å². The van der Waals surface area contributed by atoms with Gasteiger partial charge in [-0.15, -0.1) is 0 Å². The third-order valence-corrected chi connectivity index (χ3v) is 9.31. The van der Waals surface area contributed by atoms with Crippen LogP contribution >= 0.6 is 0 Å². The van der Waals surface area contributed by atoms with Crippen molar-refractivity contribution in [3.05, 3.63) is 230 Å². The van der Waals surface area contributed by atoms with E-state index in [1.165, 1.54) is 0 Å². The summed E-state index contributed by atoms with van der Waals surface area (Å²) in [6.45, 7) is 0. The van der Waals surface area contributed by atoms with Crippen molar-refractivity contribution in [3.8, 4) is 39.1 Å². The fourth-order valence-electron chi connectivity index (χ4n) is 6.65. The van der Waals surface area contributed by atoms with Gasteiger partial charge >= 0.3 is 0 Å². The number of hydrogen-bond acceptors (Lipinski definition) is 2. The predicted octanol–water partition coefficient (Wildman–Crippen LogP) is 16.3. The van der Waals surface area contributed by atoms with Gasteiger partial charge in [0.2, 0.25) is 0 Å². The van der Waals surface area contributed by atoms with Crippen molar-refractivity contribution in [2.24, 2.45) is 0 Å². The Bertz CT molecular complexity index is 5690. The Hall–Kier alpha value is -8.14. The summed E-state index contributed by atoms with van der Waals surface area (Å²) in [7, 11) is 0. The van der Waals surface area contributed by atoms with Gasteiger partial charge < -0.3 is 13.9 Å². The van der Waals surface area contributed by atoms with Crippen LogP contribution in [0, 0.1) is 0 Å². The molecule has 286 valence electrons. The maximum Gasteiger partial charge on any atom is 0.143 e. The Morgan fingerprint density at radius 2 is 0.918 bits per heavy atom. The van der Waals surface area contributed by atoms with Crippen LogP contribution in [0.15, 0.2) is 234 Å². The van der Waals surface area contributed by atoms with Crippen molar-refractivity contribution in [2.75, 3.05) is 4.90 Å². The first-order valence-electron chi connectivity index (χ1n) is 36.7. The second kappa shape index (κ2) is 14.3. The number of benzene rings is 10. The molecule has 0 amide bonds. The van der Waals surface area contributed by atoms with Crippen LogP contribution in [-0.4, -0.2) is 4.57 Å². The van der Waals surface area contributed by atoms with Gasteiger partial charge in [-0.05, 0) is 111 Å². The highest BCUT2D eigenvalue weighted by molar-refractivity contribution is 6.12. The highest BCUT2D eigenvalue weighted by Crippen LogP contribution is 2.45. The molecule has 0 aliphatic rings. The predicted molar refractivity (Wildman–Crippen MR) is 257 cm³/mol. The van der Waals surface area contributed by atoms with E-state index in [4.69, 9.17) is 31.8 Å². The lowest BCUT2D eigenvalue weighted by atomic mass is 9.98. The molecular weight excluding hydrogens is 741 g/mol. The molecule has 3 nitrogen and oxygen atoms in total. The van der Waals surface area contributed by atoms with Gasteiger partial charge in [0.15, 0.2) is 0 Å². The number of para-hydroxylation sites is 3. The third-order valence-electron chi connectivity index (χ3n) is 9.31. The van der Waals surface area contributed by atoms with E-state index >= 15 is 0 Å². The molecule has 2 heterocycles. The highest BCUT2D eigenvalue weighted by Gasteiger charge is 2.21. The van der Waals surface area contributed by atoms with E-state index in [0.717, 1.165) is 0 Å². The molecule has 10 aromatic carbocycles. The second-order valence-corrected chi connectivity index (χ2v) is 12.8. The van der Waals surface area contributed by atoms with Gasteiger partial charge in [0.1, 0.15) is 11.2 Å². The van der Waals surface area contributed by atoms with E-state index < -0.39 is 340 Å². The molecule has 0 atom stereocenters. The molecular formula is C58H38N2O. The second-order valence-electron chi connectivity index (χ2n) is 12.8. The van der Waals surface area contributed by atoms with Gasteiger partial charge in [-0.1, -0.05) is 157 Å². The molecule has 0 spiro atoms. The summed E-state index contributed by atoms with van der Waals surface area (Å²) < 4.78 is 355. The standard InChI is InChI=1S/C58H38N2O/c1-2-13-39(14-3-1)41-27-31-46(32-28-41)59(47-33-29-42(30-34-47)44-26-25-40-15-4-5-16-43(40)35-44)49-37-53(58-54(38-49)52-21-8-11-24-57(52)61-58)45-17-12-18-48(36-45)60-55-22-9-6-19-50(55)51-20-7-10-23-56(51)60/h1-38H/i1D,2D,3D,4D,5D,6D,7D,8D,9D,10D,11D,12D,13D,14D,15D,16D,17D,18D,19D,20D,21D,22D,23D,24D,25D,26D,27D,28D,29D,30D,31D,32D,33D,34D,35D,36D,37D,38D. The van der Waals surface area contributed by atoms with Gasteiger partial charge in [-0.2, -0.15) is 0 Å². The molecule has 0 aliphatic carbocycles. The van der Waals surface area contributed by atoms with Crippen molar-refractivity contribution >= 4 is 71.6 Å². The molecule has 12 aromatic rings. The van der Waals surface area contributed by atoms with Gasteiger partial charge in [0.05, 0.1) is 63.1 Å². The quantitative estimate of drug-likeness (QED) is 0.160. The van der Waals surface area contributed by atoms with Crippen molar-refractivity contribution in [1.29, 1.82) is 0 Å². The van der Waals surface area contributed by atoms with Gasteiger partial charge in [0.25, 0.3) is 0 Å². The molecule has 0 fully saturated rings. The molecule has 0 bridgehead atoms. The van der Waals surface area contributed by atoms with Crippen LogP contribution < -0.4 is 4.90 Å². The summed E-state index contributed by atoms with van der Waals surface area (Å²) in [5, 5.41) is -4.31. The topological polar surface area (TPSA) is 21.3 Å². The maximum atomic E-state index is 10.5. The third kappa shape index (κ3) is 5.98. The minimum atomic E-state index is -1.44. The SMILES string of the molecule is [2H]c1c([2H])c([2H])c(-c2c([2H])c([2H])c(N(c3c([2H])c([2H])c(-c4c([2H])c([2H])c5c([2H])c([2H])c([2H])c([2H])c5c4[2H])c([2H])c3[2H])c3c([2H])c(-c4c([2H])c([2H])c([2H])c(-n5c6c([2H])c([2H])c([2H])c([2H])c6c6c([2H])c([2H])c([2H])c([2H])c65)c4[2H])c4oc5c([2H])c([2H])c([2H])c([2H])c5c4c3[2H])c([2H])c2[2H])c([2H])c1[2H]. The summed E-state index contributed by atoms with van der Waals surface area (Å²) in [5.41, 5.74) is -14.6. The maximum absolute atomic E-state index is 10.5. The minimum absolute atomic E-state index is 0.222. The van der Waals surface area contributed by atoms with Crippen LogP contribution in [0.25, 0.3) is 93.6 Å². The molecule has 0 N–H and O–H groups in total. The van der Waals surface area contributed by atoms with Crippen LogP contribution in [0.4, 0.5) is 17.1 Å². The smallest absolute Gasteiger partial charge is 0.143 e. The van der Waals surface area contributed by atoms with Crippen LogP contribution in [-0.2, 0) is 0 Å². The van der Waals surface area contributed by atoms with Crippen LogP contribution in [0.5, 0.6) is 0 Å². The molecule has 0 unspecified atom stereocenters. The summed E-state index contributed by atoms with van der Waals surface area (Å²) in [6, 6.07) is -42.3. The first-order valence-corrected chi connectivity index (χ1v) is 17.7. The summed E-state index contributed by atoms with van der Waals surface area (Å²) >= 11 is 0. The Morgan fingerprint density at radius 3 is 1.64 bits per heavy atom. The van der Waals surface area contributed by atoms with Crippen molar-refractivity contribution in [2.45, 2.75) is 0 Å². The lowest BCUT2D eigenvalue weighted by Gasteiger charge is -2.27. The number of furan rings is 1. The number of nitrogens with zero attached hydrogens (tertiary/aromatic N) is 2. The fourth-order valence-corrected chi connectivity index (χ4v) is 6.65. The molecule has 12 rings (SSSR count). The molecule has 0 saturated heterocycles. The highest BCUT2D eigenvalue weighted by atomic mass is 16.3. The largest absolute Gasteiger partial charge is 0.455 e. The summed E-state index contributed by atoms with van der Waals surface area (Å²) in [5.74, 6) is 0. The lowest BCUT2D eigenvalue weighted by Crippen LogP contribution is -2.10. The number of hydrogen-bond donors (Lipinski definition) is 0. The zero-order valence-corrected chi connectivity index (χ0v) is 30.3. The normalized spacial score (nSPS) is 20.3. The number of aromatic nitrogens is 1. The van der Waals surface area contributed by atoms with Crippen molar-refractivity contribution in [1.82, 2.24) is 4.57 Å². The Morgan fingerprint density at radius 1 is 0.361 bits per heavy atom. The van der Waals surface area contributed by atoms with Crippen LogP contribution in [0.1, 0.15) is 52.1 Å². The van der Waals surface area contributed by atoms with E-state index in [1.54, 1.807) is 0 Å². The number of anilines is 3. The van der Waals surface area contributed by atoms with E-state index in [0.29, 0.717) is 4.57 Å². The van der Waals surface area contributed by atoms with Gasteiger partial charge in [-0.3, -0.25) is 0 Å². The summed E-state index contributed by atoms with van der Waals surface area (Å²) in [6.07, 6.45) is 0. The van der Waals surface area contributed by atoms with E-state index in [2.05, 4.69) is 0 Å². The molecule has 0 radical (unpaired) electrons. The number of fused-ring (bicyclic) bond motifs is 7. The molecule has 0 saturated carbocycles. The van der Waals surface area contributed by atoms with E-state index in [1.807, 2.05) is 0 Å². The first kappa shape index (κ1) is 13.7. The summed E-state index contributed by atoms with van der Waals surface area (Å²) in [4.78, 5) is 0.222. The number of rotatable bonds is 7. The molecule has 3 heteroatoms. The van der Waals surface area contributed by atoms with E-state index in [-0.39, 0.29) is 4.90 Å². The van der Waals surface area contributed by atoms with Crippen LogP contribution in [0.3, 0.4) is 0 Å². The zero-order valence-electron chi connectivity index (χ0n) is 68.3. The lowest BCUT2D eigenvalue weighted by molar-refractivity contribution is 0.670. The van der Waals surface area contributed by atoms with Crippen molar-refractivity contribution in [3.63, 3.8) is 0 Å². The average molecular weight is 817 g/mol. The average Bonchev–Trinajstić information content (AvgIpc) is 1.58.